The summed E-state index contributed by atoms with van der Waals surface area (Å²) in [5.74, 6) is 0.491. The van der Waals surface area contributed by atoms with E-state index in [-0.39, 0.29) is 5.82 Å². The molecule has 0 aromatic heterocycles. The maximum atomic E-state index is 12.9. The van der Waals surface area contributed by atoms with Crippen LogP contribution in [0.3, 0.4) is 0 Å². The highest BCUT2D eigenvalue weighted by molar-refractivity contribution is 5.84. The molecular weight excluding hydrogens is 347 g/mol. The molecule has 2 aromatic rings. The molecule has 0 saturated carbocycles. The quantitative estimate of drug-likeness (QED) is 0.515. The van der Waals surface area contributed by atoms with Crippen molar-refractivity contribution in [3.05, 3.63) is 65.5 Å². The number of ether oxygens (including phenoxy) is 1. The van der Waals surface area contributed by atoms with Crippen molar-refractivity contribution in [2.75, 3.05) is 25.5 Å². The fraction of sp³-hybridized carbons (Fsp3) is 0.300. The van der Waals surface area contributed by atoms with Gasteiger partial charge in [0.2, 0.25) is 0 Å². The third-order valence-corrected chi connectivity index (χ3v) is 3.77. The summed E-state index contributed by atoms with van der Waals surface area (Å²) in [4.78, 5) is 15.7. The molecule has 0 radical (unpaired) electrons. The minimum atomic E-state index is -0.499. The summed E-state index contributed by atoms with van der Waals surface area (Å²) in [6, 6.07) is 13.9. The molecule has 0 aliphatic rings. The third kappa shape index (κ3) is 7.35. The van der Waals surface area contributed by atoms with Crippen LogP contribution in [0.15, 0.2) is 53.5 Å². The summed E-state index contributed by atoms with van der Waals surface area (Å²) in [6.45, 7) is 3.96. The monoisotopic (exact) mass is 372 g/mol. The Hall–Kier alpha value is -3.09. The Balaban J connectivity index is 1.86. The summed E-state index contributed by atoms with van der Waals surface area (Å²) >= 11 is 0. The second-order valence-corrected chi connectivity index (χ2v) is 5.81. The van der Waals surface area contributed by atoms with E-state index >= 15 is 0 Å². The van der Waals surface area contributed by atoms with E-state index in [0.717, 1.165) is 30.1 Å². The molecule has 1 amide bonds. The number of amides is 1. The molecular formula is C20H25FN4O2. The van der Waals surface area contributed by atoms with Crippen molar-refractivity contribution in [1.82, 2.24) is 10.6 Å². The van der Waals surface area contributed by atoms with Crippen LogP contribution < -0.4 is 16.0 Å². The van der Waals surface area contributed by atoms with Gasteiger partial charge in [-0.25, -0.2) is 14.2 Å². The Morgan fingerprint density at radius 3 is 2.33 bits per heavy atom. The van der Waals surface area contributed by atoms with Crippen LogP contribution in [-0.2, 0) is 17.7 Å². The molecule has 144 valence electrons. The molecule has 2 aromatic carbocycles. The van der Waals surface area contributed by atoms with Crippen LogP contribution in [0.4, 0.5) is 14.9 Å². The molecule has 0 aliphatic carbocycles. The van der Waals surface area contributed by atoms with Gasteiger partial charge in [-0.2, -0.15) is 0 Å². The number of hydrogen-bond donors (Lipinski definition) is 3. The Morgan fingerprint density at radius 2 is 1.70 bits per heavy atom. The summed E-state index contributed by atoms with van der Waals surface area (Å²) in [7, 11) is 1.32. The first-order valence-electron chi connectivity index (χ1n) is 8.81. The second-order valence-electron chi connectivity index (χ2n) is 5.81. The molecule has 0 saturated heterocycles. The lowest BCUT2D eigenvalue weighted by atomic mass is 10.1. The average Bonchev–Trinajstić information content (AvgIpc) is 2.68. The van der Waals surface area contributed by atoms with E-state index in [4.69, 9.17) is 0 Å². The van der Waals surface area contributed by atoms with Crippen LogP contribution in [0, 0.1) is 5.82 Å². The predicted molar refractivity (Wildman–Crippen MR) is 105 cm³/mol. The number of guanidine groups is 1. The largest absolute Gasteiger partial charge is 0.453 e. The molecule has 3 N–H and O–H groups in total. The third-order valence-electron chi connectivity index (χ3n) is 3.77. The second kappa shape index (κ2) is 10.8. The molecule has 0 heterocycles. The summed E-state index contributed by atoms with van der Waals surface area (Å²) in [5.41, 5.74) is 2.74. The Bertz CT molecular complexity index is 746. The number of nitrogens with zero attached hydrogens (tertiary/aromatic N) is 1. The van der Waals surface area contributed by atoms with E-state index in [2.05, 4.69) is 25.7 Å². The van der Waals surface area contributed by atoms with Crippen molar-refractivity contribution in [2.24, 2.45) is 4.99 Å². The van der Waals surface area contributed by atoms with Crippen LogP contribution in [0.5, 0.6) is 0 Å². The molecule has 2 rings (SSSR count). The van der Waals surface area contributed by atoms with Crippen molar-refractivity contribution in [3.63, 3.8) is 0 Å². The number of carbonyl (C=O) groups is 1. The normalized spacial score (nSPS) is 11.0. The van der Waals surface area contributed by atoms with E-state index in [0.29, 0.717) is 18.8 Å². The van der Waals surface area contributed by atoms with E-state index in [9.17, 15) is 9.18 Å². The van der Waals surface area contributed by atoms with Crippen molar-refractivity contribution in [2.45, 2.75) is 19.9 Å². The highest BCUT2D eigenvalue weighted by Crippen LogP contribution is 2.10. The van der Waals surface area contributed by atoms with E-state index in [1.807, 2.05) is 19.1 Å². The highest BCUT2D eigenvalue weighted by atomic mass is 19.1. The van der Waals surface area contributed by atoms with Crippen LogP contribution in [-0.4, -0.2) is 32.3 Å². The number of hydrogen-bond acceptors (Lipinski definition) is 3. The van der Waals surface area contributed by atoms with Crippen LogP contribution in [0.1, 0.15) is 18.1 Å². The minimum Gasteiger partial charge on any atom is -0.453 e. The molecule has 0 aliphatic heterocycles. The van der Waals surface area contributed by atoms with Crippen LogP contribution in [0.25, 0.3) is 0 Å². The predicted octanol–water partition coefficient (Wildman–Crippen LogP) is 3.30. The number of benzene rings is 2. The Kier molecular flexibility index (Phi) is 8.09. The molecule has 0 bridgehead atoms. The molecule has 27 heavy (non-hydrogen) atoms. The molecule has 6 nitrogen and oxygen atoms in total. The van der Waals surface area contributed by atoms with Crippen LogP contribution in [0.2, 0.25) is 0 Å². The van der Waals surface area contributed by atoms with E-state index < -0.39 is 6.09 Å². The van der Waals surface area contributed by atoms with Gasteiger partial charge in [0.15, 0.2) is 5.96 Å². The number of carbonyl (C=O) groups excluding carboxylic acids is 1. The van der Waals surface area contributed by atoms with Crippen LogP contribution >= 0.6 is 0 Å². The smallest absolute Gasteiger partial charge is 0.411 e. The summed E-state index contributed by atoms with van der Waals surface area (Å²) < 4.78 is 17.5. The first-order valence-corrected chi connectivity index (χ1v) is 8.81. The van der Waals surface area contributed by atoms with Gasteiger partial charge in [0.25, 0.3) is 0 Å². The van der Waals surface area contributed by atoms with Gasteiger partial charge in [-0.15, -0.1) is 0 Å². The van der Waals surface area contributed by atoms with Crippen molar-refractivity contribution in [3.8, 4) is 0 Å². The Morgan fingerprint density at radius 1 is 1.04 bits per heavy atom. The SMILES string of the molecule is CCNC(=NCc1ccc(NC(=O)OC)cc1)NCCc1ccc(F)cc1. The van der Waals surface area contributed by atoms with Gasteiger partial charge in [-0.1, -0.05) is 24.3 Å². The van der Waals surface area contributed by atoms with Gasteiger partial charge in [0.05, 0.1) is 13.7 Å². The summed E-state index contributed by atoms with van der Waals surface area (Å²) in [6.07, 6.45) is 0.277. The zero-order valence-corrected chi connectivity index (χ0v) is 15.6. The fourth-order valence-corrected chi connectivity index (χ4v) is 2.35. The first kappa shape index (κ1) is 20.2. The highest BCUT2D eigenvalue weighted by Gasteiger charge is 2.02. The Labute approximate surface area is 158 Å². The van der Waals surface area contributed by atoms with Gasteiger partial charge in [0, 0.05) is 18.8 Å². The average molecular weight is 372 g/mol. The zero-order chi connectivity index (χ0) is 19.5. The van der Waals surface area contributed by atoms with Crippen molar-refractivity contribution in [1.29, 1.82) is 0 Å². The maximum Gasteiger partial charge on any atom is 0.411 e. The molecule has 7 heteroatoms. The van der Waals surface area contributed by atoms with Gasteiger partial charge < -0.3 is 15.4 Å². The molecule has 0 spiro atoms. The lowest BCUT2D eigenvalue weighted by Crippen LogP contribution is -2.38. The zero-order valence-electron chi connectivity index (χ0n) is 15.6. The number of methoxy groups -OCH3 is 1. The van der Waals surface area contributed by atoms with E-state index in [1.54, 1.807) is 24.3 Å². The molecule has 0 unspecified atom stereocenters. The topological polar surface area (TPSA) is 74.8 Å². The van der Waals surface area contributed by atoms with Gasteiger partial charge >= 0.3 is 6.09 Å². The standard InChI is InChI=1S/C20H25FN4O2/c1-3-22-19(23-13-12-15-4-8-17(21)9-5-15)24-14-16-6-10-18(11-7-16)25-20(26)27-2/h4-11H,3,12-14H2,1-2H3,(H,25,26)(H2,22,23,24). The molecule has 0 atom stereocenters. The van der Waals surface area contributed by atoms with E-state index in [1.165, 1.54) is 19.2 Å². The van der Waals surface area contributed by atoms with Gasteiger partial charge in [0.1, 0.15) is 5.82 Å². The first-order chi connectivity index (χ1) is 13.1. The number of halogens is 1. The van der Waals surface area contributed by atoms with Crippen molar-refractivity contribution < 1.29 is 13.9 Å². The number of nitrogens with one attached hydrogen (secondary N) is 3. The number of aliphatic imine (C=N–C) groups is 1. The van der Waals surface area contributed by atoms with Gasteiger partial charge in [-0.3, -0.25) is 5.32 Å². The fourth-order valence-electron chi connectivity index (χ4n) is 2.35. The lowest BCUT2D eigenvalue weighted by molar-refractivity contribution is 0.187. The number of anilines is 1. The minimum absolute atomic E-state index is 0.227. The van der Waals surface area contributed by atoms with Crippen molar-refractivity contribution >= 4 is 17.7 Å². The number of rotatable bonds is 7. The molecule has 0 fully saturated rings. The summed E-state index contributed by atoms with van der Waals surface area (Å²) in [5, 5.41) is 9.08. The lowest BCUT2D eigenvalue weighted by Gasteiger charge is -2.11. The van der Waals surface area contributed by atoms with Gasteiger partial charge in [-0.05, 0) is 48.7 Å². The maximum absolute atomic E-state index is 12.9.